The first kappa shape index (κ1) is 24.2. The molecule has 6 heteroatoms. The topological polar surface area (TPSA) is 28.1 Å². The van der Waals surface area contributed by atoms with Crippen molar-refractivity contribution in [3.63, 3.8) is 0 Å². The van der Waals surface area contributed by atoms with E-state index >= 15 is 0 Å². The van der Waals surface area contributed by atoms with Crippen LogP contribution in [0.4, 0.5) is 17.1 Å². The average Bonchev–Trinajstić information content (AvgIpc) is 2.92. The maximum Gasteiger partial charge on any atom is 0.0809 e. The molecular formula is C29H38IN3OS. The van der Waals surface area contributed by atoms with Crippen LogP contribution in [-0.2, 0) is 17.6 Å². The van der Waals surface area contributed by atoms with E-state index in [1.54, 1.807) is 0 Å². The molecule has 35 heavy (non-hydrogen) atoms. The lowest BCUT2D eigenvalue weighted by atomic mass is 9.75. The van der Waals surface area contributed by atoms with Crippen molar-refractivity contribution < 1.29 is 4.74 Å². The first-order valence-electron chi connectivity index (χ1n) is 13.7. The van der Waals surface area contributed by atoms with Gasteiger partial charge in [-0.05, 0) is 94.1 Å². The number of rotatable bonds is 4. The molecule has 2 saturated heterocycles. The largest absolute Gasteiger partial charge is 0.378 e. The predicted octanol–water partition coefficient (Wildman–Crippen LogP) is 6.86. The number of benzene rings is 2. The highest BCUT2D eigenvalue weighted by Gasteiger charge is 2.32. The van der Waals surface area contributed by atoms with Gasteiger partial charge in [0, 0.05) is 47.0 Å². The Morgan fingerprint density at radius 3 is 2.37 bits per heavy atom. The second kappa shape index (κ2) is 10.3. The van der Waals surface area contributed by atoms with Crippen molar-refractivity contribution in [3.8, 4) is 0 Å². The maximum atomic E-state index is 5.62. The molecule has 1 aliphatic carbocycles. The lowest BCUT2D eigenvalue weighted by Crippen LogP contribution is -2.41. The quantitative estimate of drug-likeness (QED) is 0.283. The molecule has 2 aromatic rings. The molecule has 188 valence electrons. The number of halogens is 1. The Morgan fingerprint density at radius 2 is 1.60 bits per heavy atom. The number of aryl methyl sites for hydroxylation is 2. The van der Waals surface area contributed by atoms with Gasteiger partial charge in [-0.2, -0.15) is 0 Å². The molecule has 4 nitrogen and oxygen atoms in total. The van der Waals surface area contributed by atoms with Gasteiger partial charge < -0.3 is 14.5 Å². The molecule has 3 unspecified atom stereocenters. The van der Waals surface area contributed by atoms with E-state index in [2.05, 4.69) is 69.1 Å². The van der Waals surface area contributed by atoms with E-state index in [1.165, 1.54) is 88.1 Å². The van der Waals surface area contributed by atoms with Gasteiger partial charge in [-0.3, -0.25) is 0 Å². The summed E-state index contributed by atoms with van der Waals surface area (Å²) in [6.45, 7) is 10.6. The molecule has 4 aliphatic rings. The number of ether oxygens (including phenoxy) is 1. The minimum absolute atomic E-state index is 0.00959. The van der Waals surface area contributed by atoms with Gasteiger partial charge in [0.15, 0.2) is 0 Å². The molecule has 0 spiro atoms. The van der Waals surface area contributed by atoms with Gasteiger partial charge in [0.25, 0.3) is 0 Å². The Labute approximate surface area is 224 Å². The van der Waals surface area contributed by atoms with Crippen LogP contribution in [0.1, 0.15) is 57.1 Å². The predicted molar refractivity (Wildman–Crippen MR) is 156 cm³/mol. The first-order chi connectivity index (χ1) is 17.2. The van der Waals surface area contributed by atoms with Gasteiger partial charge in [-0.25, -0.2) is 4.99 Å². The number of hydrogen-bond acceptors (Lipinski definition) is 4. The summed E-state index contributed by atoms with van der Waals surface area (Å²) in [5.74, 6) is 1.86. The summed E-state index contributed by atoms with van der Waals surface area (Å²) in [4.78, 5) is 12.0. The molecule has 0 radical (unpaired) electrons. The minimum atomic E-state index is -0.00959. The zero-order valence-corrected chi connectivity index (χ0v) is 24.2. The zero-order chi connectivity index (χ0) is 23.9. The Bertz CT molecular complexity index is 1240. The van der Waals surface area contributed by atoms with Crippen LogP contribution in [0.15, 0.2) is 34.2 Å². The Kier molecular flexibility index (Phi) is 7.15. The molecule has 3 aliphatic heterocycles. The van der Waals surface area contributed by atoms with E-state index < -0.39 is 0 Å². The van der Waals surface area contributed by atoms with Crippen LogP contribution in [0.5, 0.6) is 0 Å². The van der Waals surface area contributed by atoms with Crippen LogP contribution in [0.2, 0.25) is 0 Å². The number of piperidine rings is 1. The highest BCUT2D eigenvalue weighted by molar-refractivity contribution is 14.2. The average molecular weight is 604 g/mol. The fourth-order valence-corrected chi connectivity index (χ4v) is 10.0. The highest BCUT2D eigenvalue weighted by Crippen LogP contribution is 2.49. The van der Waals surface area contributed by atoms with Gasteiger partial charge in [0.05, 0.1) is 24.3 Å². The Hall–Kier alpha value is -1.12. The monoisotopic (exact) mass is 603 g/mol. The van der Waals surface area contributed by atoms with Gasteiger partial charge in [-0.15, -0.1) is 0 Å². The normalized spacial score (nSPS) is 26.0. The second-order valence-electron chi connectivity index (χ2n) is 10.6. The van der Waals surface area contributed by atoms with E-state index in [-0.39, 0.29) is 7.66 Å². The first-order valence-corrected chi connectivity index (χ1v) is 17.5. The fourth-order valence-electron chi connectivity index (χ4n) is 6.62. The smallest absolute Gasteiger partial charge is 0.0809 e. The van der Waals surface area contributed by atoms with Gasteiger partial charge in [0.1, 0.15) is 0 Å². The van der Waals surface area contributed by atoms with E-state index in [9.17, 15) is 0 Å². The van der Waals surface area contributed by atoms with Crippen LogP contribution in [-0.4, -0.2) is 39.4 Å². The van der Waals surface area contributed by atoms with E-state index in [1.807, 2.05) is 0 Å². The van der Waals surface area contributed by atoms with Gasteiger partial charge >= 0.3 is 0 Å². The fraction of sp³-hybridized carbons (Fsp3) is 0.586. The van der Waals surface area contributed by atoms with Crippen molar-refractivity contribution >= 4 is 45.9 Å². The van der Waals surface area contributed by atoms with Crippen molar-refractivity contribution in [3.05, 3.63) is 45.3 Å². The van der Waals surface area contributed by atoms with E-state index in [4.69, 9.17) is 9.73 Å². The molecule has 2 aromatic carbocycles. The molecular weight excluding hydrogens is 565 g/mol. The van der Waals surface area contributed by atoms with Crippen molar-refractivity contribution in [1.82, 2.24) is 0 Å². The van der Waals surface area contributed by atoms with E-state index in [0.717, 1.165) is 51.0 Å². The summed E-state index contributed by atoms with van der Waals surface area (Å²) < 4.78 is 7.04. The van der Waals surface area contributed by atoms with Crippen LogP contribution in [0.25, 0.3) is 0 Å². The van der Waals surface area contributed by atoms with Crippen molar-refractivity contribution in [2.75, 3.05) is 49.2 Å². The summed E-state index contributed by atoms with van der Waals surface area (Å²) in [6.07, 6.45) is 9.19. The highest BCUT2D eigenvalue weighted by atomic mass is 127. The summed E-state index contributed by atoms with van der Waals surface area (Å²) in [7, 11) is -0.00959. The van der Waals surface area contributed by atoms with Crippen LogP contribution in [0.3, 0.4) is 0 Å². The molecule has 0 aromatic heterocycles. The third-order valence-electron chi connectivity index (χ3n) is 8.68. The minimum Gasteiger partial charge on any atom is -0.378 e. The summed E-state index contributed by atoms with van der Waals surface area (Å²) in [6, 6.07) is 9.80. The molecule has 3 atom stereocenters. The number of anilines is 2. The number of hydrogen-bond donors (Lipinski definition) is 0. The molecule has 0 N–H and O–H groups in total. The lowest BCUT2D eigenvalue weighted by molar-refractivity contribution is 0.122. The molecule has 0 bridgehead atoms. The molecule has 1 saturated carbocycles. The lowest BCUT2D eigenvalue weighted by Gasteiger charge is -2.42. The molecule has 6 rings (SSSR count). The van der Waals surface area contributed by atoms with Crippen molar-refractivity contribution in [2.24, 2.45) is 16.8 Å². The summed E-state index contributed by atoms with van der Waals surface area (Å²) >= 11 is 2.72. The van der Waals surface area contributed by atoms with E-state index in [0.29, 0.717) is 0 Å². The Morgan fingerprint density at radius 1 is 0.886 bits per heavy atom. The molecule has 3 fully saturated rings. The van der Waals surface area contributed by atoms with Crippen molar-refractivity contribution in [2.45, 2.75) is 63.7 Å². The third-order valence-corrected chi connectivity index (χ3v) is 12.9. The SMILES string of the molecule is CCc1cc(N2CCC3CCCCC3C2)cc2c1N=c1c(CC)cc(N3CCOCC3)cc1=S2I. The van der Waals surface area contributed by atoms with Gasteiger partial charge in [-0.1, -0.05) is 40.8 Å². The third kappa shape index (κ3) is 4.56. The second-order valence-corrected chi connectivity index (χ2v) is 14.7. The van der Waals surface area contributed by atoms with Crippen LogP contribution in [0, 0.1) is 16.3 Å². The van der Waals surface area contributed by atoms with Crippen LogP contribution >= 0.6 is 28.9 Å². The standard InChI is InChI=1S/C29H38IN3OS/c1-3-20-15-24(32-11-13-34-14-12-32)17-26-28(20)31-29-21(4-2)16-25(18-27(29)35(26)30)33-10-9-22-7-5-6-8-23(22)19-33/h15-18,22-23H,3-14,19H2,1-2H3. The maximum absolute atomic E-state index is 5.62. The molecule has 3 heterocycles. The van der Waals surface area contributed by atoms with Crippen LogP contribution < -0.4 is 15.2 Å². The van der Waals surface area contributed by atoms with Crippen molar-refractivity contribution in [1.29, 1.82) is 0 Å². The number of morpholine rings is 1. The summed E-state index contributed by atoms with van der Waals surface area (Å²) in [5, 5.41) is 1.24. The summed E-state index contributed by atoms with van der Waals surface area (Å²) in [5.41, 5.74) is 6.85. The molecule has 0 amide bonds. The Balaban J connectivity index is 1.43. The number of fused-ring (bicyclic) bond motifs is 3. The van der Waals surface area contributed by atoms with Gasteiger partial charge in [0.2, 0.25) is 0 Å². The zero-order valence-electron chi connectivity index (χ0n) is 21.2. The number of nitrogens with zero attached hydrogens (tertiary/aromatic N) is 3.